The van der Waals surface area contributed by atoms with Gasteiger partial charge in [-0.1, -0.05) is 29.9 Å². The summed E-state index contributed by atoms with van der Waals surface area (Å²) in [5, 5.41) is 0.480. The van der Waals surface area contributed by atoms with Gasteiger partial charge in [-0.2, -0.15) is 0 Å². The highest BCUT2D eigenvalue weighted by atomic mass is 35.5. The van der Waals surface area contributed by atoms with Crippen LogP contribution in [0.1, 0.15) is 29.3 Å². The lowest BCUT2D eigenvalue weighted by Crippen LogP contribution is -2.33. The van der Waals surface area contributed by atoms with E-state index in [1.54, 1.807) is 17.0 Å². The van der Waals surface area contributed by atoms with Gasteiger partial charge in [0.2, 0.25) is 0 Å². The van der Waals surface area contributed by atoms with E-state index < -0.39 is 0 Å². The van der Waals surface area contributed by atoms with Gasteiger partial charge in [0, 0.05) is 19.5 Å². The van der Waals surface area contributed by atoms with Gasteiger partial charge >= 0.3 is 0 Å². The highest BCUT2D eigenvalue weighted by Crippen LogP contribution is 2.19. The highest BCUT2D eigenvalue weighted by Gasteiger charge is 2.16. The lowest BCUT2D eigenvalue weighted by molar-refractivity contribution is 0.0769. The number of nitrogens with zero attached hydrogens (tertiary/aromatic N) is 1. The summed E-state index contributed by atoms with van der Waals surface area (Å²) in [5.41, 5.74) is 7.00. The molecule has 0 atom stereocenters. The van der Waals surface area contributed by atoms with E-state index >= 15 is 0 Å². The smallest absolute Gasteiger partial charge is 0.255 e. The van der Waals surface area contributed by atoms with Crippen LogP contribution in [0.15, 0.2) is 18.2 Å². The Morgan fingerprint density at radius 1 is 1.50 bits per heavy atom. The zero-order chi connectivity index (χ0) is 13.7. The van der Waals surface area contributed by atoms with Gasteiger partial charge in [-0.15, -0.1) is 0 Å². The quantitative estimate of drug-likeness (QED) is 0.846. The maximum absolute atomic E-state index is 12.3. The number of nitrogens with two attached hydrogens (primary N) is 1. The Morgan fingerprint density at radius 2 is 2.17 bits per heavy atom. The largest absolute Gasteiger partial charge is 0.393 e. The van der Waals surface area contributed by atoms with Crippen molar-refractivity contribution in [3.05, 3.63) is 34.3 Å². The Morgan fingerprint density at radius 3 is 2.67 bits per heavy atom. The molecule has 0 aliphatic heterocycles. The number of hydrogen-bond donors (Lipinski definition) is 1. The first-order chi connectivity index (χ1) is 8.45. The van der Waals surface area contributed by atoms with Crippen molar-refractivity contribution in [1.29, 1.82) is 0 Å². The van der Waals surface area contributed by atoms with Crippen molar-refractivity contribution in [2.45, 2.75) is 20.3 Å². The molecular formula is C13H17ClN2OS. The predicted molar refractivity (Wildman–Crippen MR) is 79.2 cm³/mol. The van der Waals surface area contributed by atoms with Gasteiger partial charge in [-0.05, 0) is 31.5 Å². The highest BCUT2D eigenvalue weighted by molar-refractivity contribution is 7.80. The molecule has 0 aliphatic rings. The third kappa shape index (κ3) is 3.96. The van der Waals surface area contributed by atoms with E-state index in [1.807, 2.05) is 19.9 Å². The Labute approximate surface area is 118 Å². The van der Waals surface area contributed by atoms with E-state index in [-0.39, 0.29) is 5.91 Å². The van der Waals surface area contributed by atoms with Gasteiger partial charge in [0.15, 0.2) is 0 Å². The average Bonchev–Trinajstić information content (AvgIpc) is 2.29. The molecule has 18 heavy (non-hydrogen) atoms. The number of rotatable bonds is 5. The van der Waals surface area contributed by atoms with Crippen molar-refractivity contribution in [2.75, 3.05) is 13.1 Å². The number of carbonyl (C=O) groups excluding carboxylic acids is 1. The first-order valence-electron chi connectivity index (χ1n) is 5.79. The average molecular weight is 285 g/mol. The molecule has 3 nitrogen and oxygen atoms in total. The fourth-order valence-corrected chi connectivity index (χ4v) is 2.02. The zero-order valence-electron chi connectivity index (χ0n) is 10.6. The number of aryl methyl sites for hydroxylation is 1. The van der Waals surface area contributed by atoms with Crippen molar-refractivity contribution < 1.29 is 4.79 Å². The van der Waals surface area contributed by atoms with E-state index in [0.29, 0.717) is 35.1 Å². The molecule has 1 aromatic carbocycles. The molecular weight excluding hydrogens is 268 g/mol. The third-order valence-corrected chi connectivity index (χ3v) is 3.17. The standard InChI is InChI=1S/C13H17ClN2OS/c1-3-16(7-6-12(15)18)13(17)10-5-4-9(2)8-11(10)14/h4-5,8H,3,6-7H2,1-2H3,(H2,15,18). The summed E-state index contributed by atoms with van der Waals surface area (Å²) in [6.45, 7) is 4.98. The molecule has 0 fully saturated rings. The maximum Gasteiger partial charge on any atom is 0.255 e. The Kier molecular flexibility index (Phi) is 5.56. The van der Waals surface area contributed by atoms with Crippen LogP contribution in [0.2, 0.25) is 5.02 Å². The minimum Gasteiger partial charge on any atom is -0.393 e. The first kappa shape index (κ1) is 14.9. The van der Waals surface area contributed by atoms with Crippen molar-refractivity contribution >= 4 is 34.7 Å². The van der Waals surface area contributed by atoms with Gasteiger partial charge < -0.3 is 10.6 Å². The van der Waals surface area contributed by atoms with E-state index in [2.05, 4.69) is 0 Å². The van der Waals surface area contributed by atoms with Crippen LogP contribution in [0.3, 0.4) is 0 Å². The minimum absolute atomic E-state index is 0.0845. The topological polar surface area (TPSA) is 46.3 Å². The Hall–Kier alpha value is -1.13. The summed E-state index contributed by atoms with van der Waals surface area (Å²) in [7, 11) is 0. The van der Waals surface area contributed by atoms with Gasteiger partial charge in [0.05, 0.1) is 15.6 Å². The van der Waals surface area contributed by atoms with Gasteiger partial charge in [0.25, 0.3) is 5.91 Å². The molecule has 0 aliphatic carbocycles. The van der Waals surface area contributed by atoms with Crippen LogP contribution in [0, 0.1) is 6.92 Å². The van der Waals surface area contributed by atoms with Crippen LogP contribution >= 0.6 is 23.8 Å². The van der Waals surface area contributed by atoms with Crippen molar-refractivity contribution in [2.24, 2.45) is 5.73 Å². The van der Waals surface area contributed by atoms with Gasteiger partial charge in [-0.25, -0.2) is 0 Å². The summed E-state index contributed by atoms with van der Waals surface area (Å²) >= 11 is 10.9. The van der Waals surface area contributed by atoms with E-state index in [4.69, 9.17) is 29.6 Å². The molecule has 0 spiro atoms. The zero-order valence-corrected chi connectivity index (χ0v) is 12.1. The van der Waals surface area contributed by atoms with Crippen LogP contribution in [-0.2, 0) is 0 Å². The van der Waals surface area contributed by atoms with Crippen LogP contribution in [0.5, 0.6) is 0 Å². The molecule has 5 heteroatoms. The van der Waals surface area contributed by atoms with Crippen molar-refractivity contribution in [1.82, 2.24) is 4.90 Å². The molecule has 0 unspecified atom stereocenters. The summed E-state index contributed by atoms with van der Waals surface area (Å²) < 4.78 is 0. The molecule has 0 saturated carbocycles. The number of thiocarbonyl (C=S) groups is 1. The molecule has 1 rings (SSSR count). The molecule has 1 amide bonds. The van der Waals surface area contributed by atoms with Crippen LogP contribution < -0.4 is 5.73 Å². The number of halogens is 1. The molecule has 0 heterocycles. The van der Waals surface area contributed by atoms with Crippen molar-refractivity contribution in [3.63, 3.8) is 0 Å². The Bertz CT molecular complexity index is 462. The minimum atomic E-state index is -0.0845. The molecule has 0 aromatic heterocycles. The fraction of sp³-hybridized carbons (Fsp3) is 0.385. The molecule has 0 radical (unpaired) electrons. The van der Waals surface area contributed by atoms with Gasteiger partial charge in [0.1, 0.15) is 0 Å². The number of amides is 1. The lowest BCUT2D eigenvalue weighted by Gasteiger charge is -2.21. The Balaban J connectivity index is 2.86. The molecule has 0 saturated heterocycles. The van der Waals surface area contributed by atoms with Gasteiger partial charge in [-0.3, -0.25) is 4.79 Å². The summed E-state index contributed by atoms with van der Waals surface area (Å²) in [6.07, 6.45) is 0.526. The lowest BCUT2D eigenvalue weighted by atomic mass is 10.1. The molecule has 98 valence electrons. The second-order valence-corrected chi connectivity index (χ2v) is 5.02. The van der Waals surface area contributed by atoms with Crippen molar-refractivity contribution in [3.8, 4) is 0 Å². The van der Waals surface area contributed by atoms with Crippen LogP contribution in [0.4, 0.5) is 0 Å². The summed E-state index contributed by atoms with van der Waals surface area (Å²) in [5.74, 6) is -0.0845. The first-order valence-corrected chi connectivity index (χ1v) is 6.58. The second kappa shape index (κ2) is 6.71. The summed E-state index contributed by atoms with van der Waals surface area (Å²) in [4.78, 5) is 14.4. The number of benzene rings is 1. The predicted octanol–water partition coefficient (Wildman–Crippen LogP) is 2.79. The monoisotopic (exact) mass is 284 g/mol. The third-order valence-electron chi connectivity index (χ3n) is 2.65. The second-order valence-electron chi connectivity index (χ2n) is 4.08. The van der Waals surface area contributed by atoms with E-state index in [1.165, 1.54) is 0 Å². The van der Waals surface area contributed by atoms with E-state index in [0.717, 1.165) is 5.56 Å². The molecule has 1 aromatic rings. The van der Waals surface area contributed by atoms with Crippen LogP contribution in [-0.4, -0.2) is 28.9 Å². The SMILES string of the molecule is CCN(CCC(N)=S)C(=O)c1ccc(C)cc1Cl. The number of hydrogen-bond acceptors (Lipinski definition) is 2. The van der Waals surface area contributed by atoms with E-state index in [9.17, 15) is 4.79 Å². The fourth-order valence-electron chi connectivity index (χ4n) is 1.61. The maximum atomic E-state index is 12.3. The summed E-state index contributed by atoms with van der Waals surface area (Å²) in [6, 6.07) is 5.42. The molecule has 0 bridgehead atoms. The normalized spacial score (nSPS) is 10.2. The van der Waals surface area contributed by atoms with Crippen LogP contribution in [0.25, 0.3) is 0 Å². The number of carbonyl (C=O) groups is 1. The molecule has 2 N–H and O–H groups in total.